The molecule has 3 aromatic rings. The van der Waals surface area contributed by atoms with Gasteiger partial charge in [0.15, 0.2) is 0 Å². The van der Waals surface area contributed by atoms with Crippen LogP contribution in [0, 0.1) is 12.8 Å². The van der Waals surface area contributed by atoms with Crippen molar-refractivity contribution in [2.45, 2.75) is 26.7 Å². The number of carbonyl (C=O) groups excluding carboxylic acids is 1. The number of likely N-dealkylation sites (tertiary alicyclic amines) is 1. The monoisotopic (exact) mass is 389 g/mol. The van der Waals surface area contributed by atoms with E-state index in [2.05, 4.69) is 25.2 Å². The van der Waals surface area contributed by atoms with Gasteiger partial charge in [0, 0.05) is 30.2 Å². The SMILES string of the molecule is COc1cccc(Nc2cc(C(=O)N3CCC(C)CC3)nc3ccc(C)cc23)c1. The van der Waals surface area contributed by atoms with Crippen LogP contribution in [-0.2, 0) is 0 Å². The number of carbonyl (C=O) groups is 1. The van der Waals surface area contributed by atoms with E-state index in [4.69, 9.17) is 9.72 Å². The highest BCUT2D eigenvalue weighted by Gasteiger charge is 2.23. The van der Waals surface area contributed by atoms with Crippen LogP contribution in [0.1, 0.15) is 35.8 Å². The van der Waals surface area contributed by atoms with Gasteiger partial charge in [0.1, 0.15) is 11.4 Å². The Hall–Kier alpha value is -3.08. The molecule has 0 radical (unpaired) electrons. The van der Waals surface area contributed by atoms with Crippen molar-refractivity contribution >= 4 is 28.2 Å². The molecule has 1 amide bonds. The largest absolute Gasteiger partial charge is 0.497 e. The summed E-state index contributed by atoms with van der Waals surface area (Å²) in [6.07, 6.45) is 2.10. The summed E-state index contributed by atoms with van der Waals surface area (Å²) in [5.41, 5.74) is 4.24. The molecule has 1 aromatic heterocycles. The third-order valence-corrected chi connectivity index (χ3v) is 5.60. The number of ether oxygens (including phenoxy) is 1. The number of nitrogens with one attached hydrogen (secondary N) is 1. The van der Waals surface area contributed by atoms with Crippen LogP contribution >= 0.6 is 0 Å². The number of benzene rings is 2. The number of hydrogen-bond acceptors (Lipinski definition) is 4. The van der Waals surface area contributed by atoms with Gasteiger partial charge in [-0.05, 0) is 56.0 Å². The topological polar surface area (TPSA) is 54.5 Å². The highest BCUT2D eigenvalue weighted by atomic mass is 16.5. The number of amides is 1. The third-order valence-electron chi connectivity index (χ3n) is 5.60. The first kappa shape index (κ1) is 19.2. The zero-order valence-electron chi connectivity index (χ0n) is 17.2. The first-order valence-corrected chi connectivity index (χ1v) is 10.2. The number of rotatable bonds is 4. The van der Waals surface area contributed by atoms with E-state index in [1.54, 1.807) is 7.11 Å². The summed E-state index contributed by atoms with van der Waals surface area (Å²) in [6, 6.07) is 15.8. The highest BCUT2D eigenvalue weighted by molar-refractivity contribution is 6.00. The zero-order valence-corrected chi connectivity index (χ0v) is 17.2. The van der Waals surface area contributed by atoms with Crippen LogP contribution < -0.4 is 10.1 Å². The molecule has 0 saturated carbocycles. The summed E-state index contributed by atoms with van der Waals surface area (Å²) < 4.78 is 5.34. The van der Waals surface area contributed by atoms with Crippen molar-refractivity contribution in [2.75, 3.05) is 25.5 Å². The number of piperidine rings is 1. The number of anilines is 2. The van der Waals surface area contributed by atoms with Gasteiger partial charge in [0.2, 0.25) is 0 Å². The van der Waals surface area contributed by atoms with Crippen molar-refractivity contribution in [3.8, 4) is 5.75 Å². The fourth-order valence-corrected chi connectivity index (χ4v) is 3.78. The Morgan fingerprint density at radius 3 is 2.69 bits per heavy atom. The molecule has 5 nitrogen and oxygen atoms in total. The van der Waals surface area contributed by atoms with Crippen molar-refractivity contribution in [1.82, 2.24) is 9.88 Å². The lowest BCUT2D eigenvalue weighted by Gasteiger charge is -2.30. The molecule has 5 heteroatoms. The van der Waals surface area contributed by atoms with Crippen LogP contribution in [-0.4, -0.2) is 36.0 Å². The summed E-state index contributed by atoms with van der Waals surface area (Å²) in [4.78, 5) is 19.8. The van der Waals surface area contributed by atoms with Gasteiger partial charge in [-0.3, -0.25) is 4.79 Å². The summed E-state index contributed by atoms with van der Waals surface area (Å²) in [5.74, 6) is 1.47. The highest BCUT2D eigenvalue weighted by Crippen LogP contribution is 2.30. The molecule has 4 rings (SSSR count). The van der Waals surface area contributed by atoms with Gasteiger partial charge in [-0.25, -0.2) is 4.98 Å². The van der Waals surface area contributed by atoms with Gasteiger partial charge in [0.05, 0.1) is 18.3 Å². The molecule has 1 N–H and O–H groups in total. The molecule has 0 bridgehead atoms. The van der Waals surface area contributed by atoms with Crippen LogP contribution in [0.4, 0.5) is 11.4 Å². The molecular formula is C24H27N3O2. The molecule has 1 aliphatic rings. The van der Waals surface area contributed by atoms with Gasteiger partial charge < -0.3 is 15.0 Å². The number of nitrogens with zero attached hydrogens (tertiary/aromatic N) is 2. The van der Waals surface area contributed by atoms with Crippen molar-refractivity contribution < 1.29 is 9.53 Å². The first-order valence-electron chi connectivity index (χ1n) is 10.2. The number of aromatic nitrogens is 1. The number of fused-ring (bicyclic) bond motifs is 1. The number of hydrogen-bond donors (Lipinski definition) is 1. The molecule has 2 heterocycles. The lowest BCUT2D eigenvalue weighted by Crippen LogP contribution is -2.38. The molecule has 29 heavy (non-hydrogen) atoms. The fourth-order valence-electron chi connectivity index (χ4n) is 3.78. The van der Waals surface area contributed by atoms with Gasteiger partial charge in [-0.15, -0.1) is 0 Å². The molecule has 0 unspecified atom stereocenters. The molecule has 1 aliphatic heterocycles. The summed E-state index contributed by atoms with van der Waals surface area (Å²) in [5, 5.41) is 4.46. The second kappa shape index (κ2) is 8.11. The lowest BCUT2D eigenvalue weighted by molar-refractivity contribution is 0.0691. The second-order valence-corrected chi connectivity index (χ2v) is 7.91. The van der Waals surface area contributed by atoms with Crippen LogP contribution in [0.3, 0.4) is 0 Å². The Labute approximate surface area is 171 Å². The van der Waals surface area contributed by atoms with E-state index >= 15 is 0 Å². The minimum absolute atomic E-state index is 0.00747. The number of methoxy groups -OCH3 is 1. The smallest absolute Gasteiger partial charge is 0.272 e. The van der Waals surface area contributed by atoms with Crippen molar-refractivity contribution in [3.05, 3.63) is 59.8 Å². The Balaban J connectivity index is 1.73. The predicted octanol–water partition coefficient (Wildman–Crippen LogP) is 5.17. The van der Waals surface area contributed by atoms with Crippen LogP contribution in [0.25, 0.3) is 10.9 Å². The molecule has 0 spiro atoms. The van der Waals surface area contributed by atoms with Gasteiger partial charge in [0.25, 0.3) is 5.91 Å². The third kappa shape index (κ3) is 4.19. The average molecular weight is 389 g/mol. The maximum absolute atomic E-state index is 13.1. The number of pyridine rings is 1. The first-order chi connectivity index (χ1) is 14.0. The standard InChI is InChI=1S/C24H27N3O2/c1-16-9-11-27(12-10-16)24(28)23-15-22(20-13-17(2)7-8-21(20)26-23)25-18-5-4-6-19(14-18)29-3/h4-8,13-16H,9-12H2,1-3H3,(H,25,26). The van der Waals surface area contributed by atoms with Crippen molar-refractivity contribution in [2.24, 2.45) is 5.92 Å². The maximum Gasteiger partial charge on any atom is 0.272 e. The van der Waals surface area contributed by atoms with E-state index in [1.807, 2.05) is 47.4 Å². The van der Waals surface area contributed by atoms with Gasteiger partial charge in [-0.1, -0.05) is 24.6 Å². The van der Waals surface area contributed by atoms with Crippen LogP contribution in [0.5, 0.6) is 5.75 Å². The molecule has 150 valence electrons. The van der Waals surface area contributed by atoms with E-state index in [9.17, 15) is 4.79 Å². The minimum Gasteiger partial charge on any atom is -0.497 e. The minimum atomic E-state index is 0.00747. The average Bonchev–Trinajstić information content (AvgIpc) is 2.74. The van der Waals surface area contributed by atoms with E-state index in [0.717, 1.165) is 59.5 Å². The Morgan fingerprint density at radius 1 is 1.14 bits per heavy atom. The van der Waals surface area contributed by atoms with Crippen molar-refractivity contribution in [1.29, 1.82) is 0 Å². The summed E-state index contributed by atoms with van der Waals surface area (Å²) >= 11 is 0. The molecule has 0 aliphatic carbocycles. The Bertz CT molecular complexity index is 1040. The normalized spacial score (nSPS) is 14.8. The summed E-state index contributed by atoms with van der Waals surface area (Å²) in [7, 11) is 1.65. The Morgan fingerprint density at radius 2 is 1.93 bits per heavy atom. The zero-order chi connectivity index (χ0) is 20.4. The van der Waals surface area contributed by atoms with E-state index in [0.29, 0.717) is 11.6 Å². The molecule has 2 aromatic carbocycles. The van der Waals surface area contributed by atoms with E-state index in [-0.39, 0.29) is 5.91 Å². The lowest BCUT2D eigenvalue weighted by atomic mass is 9.99. The van der Waals surface area contributed by atoms with Crippen LogP contribution in [0.2, 0.25) is 0 Å². The van der Waals surface area contributed by atoms with Gasteiger partial charge >= 0.3 is 0 Å². The second-order valence-electron chi connectivity index (χ2n) is 7.91. The molecule has 0 atom stereocenters. The molecule has 1 saturated heterocycles. The van der Waals surface area contributed by atoms with E-state index < -0.39 is 0 Å². The number of aryl methyl sites for hydroxylation is 1. The molecular weight excluding hydrogens is 362 g/mol. The maximum atomic E-state index is 13.1. The quantitative estimate of drug-likeness (QED) is 0.669. The Kier molecular flexibility index (Phi) is 5.38. The predicted molar refractivity (Wildman–Crippen MR) is 117 cm³/mol. The van der Waals surface area contributed by atoms with Crippen LogP contribution in [0.15, 0.2) is 48.5 Å². The summed E-state index contributed by atoms with van der Waals surface area (Å²) in [6.45, 7) is 5.90. The van der Waals surface area contributed by atoms with E-state index in [1.165, 1.54) is 0 Å². The fraction of sp³-hybridized carbons (Fsp3) is 0.333. The van der Waals surface area contributed by atoms with Gasteiger partial charge in [-0.2, -0.15) is 0 Å². The van der Waals surface area contributed by atoms with Crippen molar-refractivity contribution in [3.63, 3.8) is 0 Å². The molecule has 1 fully saturated rings.